The van der Waals surface area contributed by atoms with Crippen molar-refractivity contribution in [2.45, 2.75) is 37.4 Å². The zero-order chi connectivity index (χ0) is 24.7. The number of aliphatic hydroxyl groups excluding tert-OH is 3. The van der Waals surface area contributed by atoms with Crippen molar-refractivity contribution >= 4 is 16.9 Å². The molecule has 6 N–H and O–H groups in total. The molecule has 0 saturated carbocycles. The highest BCUT2D eigenvalue weighted by Gasteiger charge is 2.46. The first-order valence-electron chi connectivity index (χ1n) is 10.2. The lowest BCUT2D eigenvalue weighted by Crippen LogP contribution is -2.55. The third kappa shape index (κ3) is 4.17. The van der Waals surface area contributed by atoms with Crippen molar-refractivity contribution in [3.63, 3.8) is 0 Å². The number of hydrogen-bond donors (Lipinski definition) is 6. The summed E-state index contributed by atoms with van der Waals surface area (Å²) >= 11 is 0. The Morgan fingerprint density at radius 1 is 0.971 bits per heavy atom. The van der Waals surface area contributed by atoms with Crippen LogP contribution in [0.3, 0.4) is 0 Å². The summed E-state index contributed by atoms with van der Waals surface area (Å²) in [5.41, 5.74) is -0.881. The molecule has 2 unspecified atom stereocenters. The molecule has 5 atom stereocenters. The van der Waals surface area contributed by atoms with Crippen LogP contribution in [0.2, 0.25) is 0 Å². The zero-order valence-electron chi connectivity index (χ0n) is 17.8. The number of phenolic OH excluding ortho intramolecular Hbond substituents is 3. The van der Waals surface area contributed by atoms with E-state index in [9.17, 15) is 40.2 Å². The average molecular weight is 474 g/mol. The molecule has 0 bridgehead atoms. The van der Waals surface area contributed by atoms with Gasteiger partial charge in [0.2, 0.25) is 0 Å². The molecule has 2 aromatic carbocycles. The van der Waals surface area contributed by atoms with E-state index in [4.69, 9.17) is 13.9 Å². The first-order chi connectivity index (χ1) is 16.1. The van der Waals surface area contributed by atoms with Crippen LogP contribution in [0.1, 0.15) is 18.6 Å². The third-order valence-corrected chi connectivity index (χ3v) is 5.60. The monoisotopic (exact) mass is 474 g/mol. The van der Waals surface area contributed by atoms with E-state index in [1.807, 2.05) is 0 Å². The highest BCUT2D eigenvalue weighted by molar-refractivity contribution is 5.89. The molecule has 11 nitrogen and oxygen atoms in total. The fourth-order valence-corrected chi connectivity index (χ4v) is 3.89. The summed E-state index contributed by atoms with van der Waals surface area (Å²) in [6.07, 6.45) is -8.02. The minimum Gasteiger partial charge on any atom is -0.508 e. The Morgan fingerprint density at radius 2 is 1.65 bits per heavy atom. The number of esters is 1. The maximum Gasteiger partial charge on any atom is 0.302 e. The van der Waals surface area contributed by atoms with E-state index in [0.717, 1.165) is 19.1 Å². The van der Waals surface area contributed by atoms with Gasteiger partial charge in [-0.15, -0.1) is 0 Å². The van der Waals surface area contributed by atoms with Crippen LogP contribution >= 0.6 is 0 Å². The lowest BCUT2D eigenvalue weighted by molar-refractivity contribution is -0.234. The van der Waals surface area contributed by atoms with Gasteiger partial charge in [-0.2, -0.15) is 0 Å². The minimum atomic E-state index is -1.79. The van der Waals surface area contributed by atoms with Crippen LogP contribution in [0.25, 0.3) is 22.3 Å². The summed E-state index contributed by atoms with van der Waals surface area (Å²) in [5.74, 6) is -1.88. The first kappa shape index (κ1) is 23.5. The molecule has 0 amide bonds. The molecule has 1 fully saturated rings. The van der Waals surface area contributed by atoms with Crippen LogP contribution in [-0.2, 0) is 14.3 Å². The van der Waals surface area contributed by atoms with Gasteiger partial charge in [-0.25, -0.2) is 0 Å². The number of fused-ring (bicyclic) bond motifs is 1. The smallest absolute Gasteiger partial charge is 0.302 e. The summed E-state index contributed by atoms with van der Waals surface area (Å²) in [6, 6.07) is 7.66. The average Bonchev–Trinajstić information content (AvgIpc) is 2.78. The van der Waals surface area contributed by atoms with Gasteiger partial charge < -0.3 is 44.5 Å². The third-order valence-electron chi connectivity index (χ3n) is 5.60. The molecule has 34 heavy (non-hydrogen) atoms. The quantitative estimate of drug-likeness (QED) is 0.292. The predicted molar refractivity (Wildman–Crippen MR) is 115 cm³/mol. The van der Waals surface area contributed by atoms with Gasteiger partial charge in [0.1, 0.15) is 65.5 Å². The first-order valence-corrected chi connectivity index (χ1v) is 10.2. The Bertz CT molecular complexity index is 1280. The number of ether oxygens (including phenoxy) is 2. The second kappa shape index (κ2) is 8.95. The fraction of sp³-hybridized carbons (Fsp3) is 0.304. The Hall–Kier alpha value is -3.64. The molecule has 4 rings (SSSR count). The van der Waals surface area contributed by atoms with Crippen molar-refractivity contribution in [1.29, 1.82) is 0 Å². The molecule has 1 aliphatic heterocycles. The fourth-order valence-electron chi connectivity index (χ4n) is 3.89. The van der Waals surface area contributed by atoms with Crippen LogP contribution in [0.4, 0.5) is 0 Å². The molecule has 180 valence electrons. The summed E-state index contributed by atoms with van der Waals surface area (Å²) < 4.78 is 16.4. The maximum absolute atomic E-state index is 12.8. The zero-order valence-corrected chi connectivity index (χ0v) is 17.8. The lowest BCUT2D eigenvalue weighted by Gasteiger charge is -2.40. The van der Waals surface area contributed by atoms with E-state index < -0.39 is 60.0 Å². The van der Waals surface area contributed by atoms with E-state index in [2.05, 4.69) is 0 Å². The van der Waals surface area contributed by atoms with Gasteiger partial charge in [0.25, 0.3) is 0 Å². The molecule has 1 aromatic heterocycles. The van der Waals surface area contributed by atoms with Crippen molar-refractivity contribution in [1.82, 2.24) is 0 Å². The van der Waals surface area contributed by atoms with Crippen LogP contribution in [-0.4, -0.2) is 67.6 Å². The van der Waals surface area contributed by atoms with Crippen molar-refractivity contribution < 1.29 is 49.3 Å². The van der Waals surface area contributed by atoms with Gasteiger partial charge >= 0.3 is 5.97 Å². The number of carbonyl (C=O) groups excluding carboxylic acids is 1. The largest absolute Gasteiger partial charge is 0.508 e. The van der Waals surface area contributed by atoms with Gasteiger partial charge in [-0.1, -0.05) is 0 Å². The van der Waals surface area contributed by atoms with Crippen LogP contribution < -0.4 is 5.43 Å². The van der Waals surface area contributed by atoms with Gasteiger partial charge in [0, 0.05) is 24.6 Å². The number of aromatic hydroxyl groups is 3. The Morgan fingerprint density at radius 3 is 2.29 bits per heavy atom. The second-order valence-corrected chi connectivity index (χ2v) is 7.92. The van der Waals surface area contributed by atoms with Crippen molar-refractivity contribution in [2.75, 3.05) is 6.61 Å². The highest BCUT2D eigenvalue weighted by atomic mass is 16.6. The SMILES string of the molecule is CC(=O)OCC1O[C@@H](c2c(O)cc(O)c3c(=O)cc(-c4ccc(O)cc4)oc23)C(O)[C@@H](O)[C@@H]1O. The number of hydrogen-bond acceptors (Lipinski definition) is 11. The molecular formula is C23H22O11. The van der Waals surface area contributed by atoms with Gasteiger partial charge in [-0.3, -0.25) is 9.59 Å². The normalized spacial score (nSPS) is 24.8. The summed E-state index contributed by atoms with van der Waals surface area (Å²) in [7, 11) is 0. The Kier molecular flexibility index (Phi) is 6.19. The number of carbonyl (C=O) groups is 1. The Balaban J connectivity index is 1.89. The Labute approximate surface area is 191 Å². The molecule has 0 aliphatic carbocycles. The number of phenols is 3. The molecule has 0 radical (unpaired) electrons. The van der Waals surface area contributed by atoms with Crippen molar-refractivity contribution in [3.05, 3.63) is 52.2 Å². The van der Waals surface area contributed by atoms with Gasteiger partial charge in [0.05, 0.1) is 5.56 Å². The van der Waals surface area contributed by atoms with E-state index in [1.54, 1.807) is 0 Å². The predicted octanol–water partition coefficient (Wildman–Crippen LogP) is 0.662. The van der Waals surface area contributed by atoms with E-state index in [0.29, 0.717) is 5.56 Å². The van der Waals surface area contributed by atoms with Crippen LogP contribution in [0, 0.1) is 0 Å². The van der Waals surface area contributed by atoms with Gasteiger partial charge in [0.15, 0.2) is 11.0 Å². The van der Waals surface area contributed by atoms with Crippen molar-refractivity contribution in [3.8, 4) is 28.6 Å². The molecule has 11 heteroatoms. The van der Waals surface area contributed by atoms with Crippen LogP contribution in [0.5, 0.6) is 17.2 Å². The van der Waals surface area contributed by atoms with E-state index in [-0.39, 0.29) is 28.0 Å². The number of benzene rings is 2. The van der Waals surface area contributed by atoms with Crippen LogP contribution in [0.15, 0.2) is 45.6 Å². The second-order valence-electron chi connectivity index (χ2n) is 7.92. The van der Waals surface area contributed by atoms with E-state index >= 15 is 0 Å². The molecule has 1 saturated heterocycles. The minimum absolute atomic E-state index is 0.0195. The van der Waals surface area contributed by atoms with Gasteiger partial charge in [-0.05, 0) is 24.3 Å². The summed E-state index contributed by atoms with van der Waals surface area (Å²) in [6.45, 7) is 0.674. The molecule has 0 spiro atoms. The molecule has 3 aromatic rings. The molecule has 1 aliphatic rings. The number of rotatable bonds is 4. The molecular weight excluding hydrogens is 452 g/mol. The maximum atomic E-state index is 12.8. The number of aliphatic hydroxyl groups is 3. The summed E-state index contributed by atoms with van der Waals surface area (Å²) in [5, 5.41) is 61.4. The highest BCUT2D eigenvalue weighted by Crippen LogP contribution is 2.43. The van der Waals surface area contributed by atoms with Crippen molar-refractivity contribution in [2.24, 2.45) is 0 Å². The topological polar surface area (TPSA) is 187 Å². The lowest BCUT2D eigenvalue weighted by atomic mass is 9.89. The van der Waals surface area contributed by atoms with E-state index in [1.165, 1.54) is 24.3 Å². The standard InChI is InChI=1S/C23H22O11/c1-9(24)32-8-16-19(29)20(30)21(31)23(34-16)18-13(27)6-12(26)17-14(28)7-15(33-22(17)18)10-2-4-11(25)5-3-10/h2-7,16,19-21,23,25-27,29-31H,8H2,1H3/t16?,19-,20+,21?,23+/m1/s1. The molecule has 2 heterocycles. The summed E-state index contributed by atoms with van der Waals surface area (Å²) in [4.78, 5) is 24.0.